The maximum absolute atomic E-state index is 13.5. The Labute approximate surface area is 167 Å². The number of hydrogen-bond donors (Lipinski definition) is 1. The van der Waals surface area contributed by atoms with Crippen LogP contribution in [0.2, 0.25) is 0 Å². The van der Waals surface area contributed by atoms with Crippen LogP contribution in [0.3, 0.4) is 0 Å². The number of nitrogens with zero attached hydrogens (tertiary/aromatic N) is 1. The van der Waals surface area contributed by atoms with E-state index in [0.717, 1.165) is 44.5 Å². The highest BCUT2D eigenvalue weighted by atomic mass is 16.5. The van der Waals surface area contributed by atoms with Crippen molar-refractivity contribution in [1.82, 2.24) is 4.90 Å². The number of likely N-dealkylation sites (tertiary alicyclic amines) is 1. The molecule has 2 aliphatic heterocycles. The largest absolute Gasteiger partial charge is 0.381 e. The molecule has 148 valence electrons. The van der Waals surface area contributed by atoms with Crippen molar-refractivity contribution in [2.24, 2.45) is 0 Å². The molecule has 4 nitrogen and oxygen atoms in total. The second-order valence-electron chi connectivity index (χ2n) is 7.94. The normalized spacial score (nSPS) is 23.2. The van der Waals surface area contributed by atoms with E-state index >= 15 is 0 Å². The van der Waals surface area contributed by atoms with Gasteiger partial charge in [-0.3, -0.25) is 4.79 Å². The number of para-hydroxylation sites is 1. The van der Waals surface area contributed by atoms with Crippen LogP contribution < -0.4 is 5.32 Å². The van der Waals surface area contributed by atoms with Crippen LogP contribution in [0.4, 0.5) is 5.69 Å². The van der Waals surface area contributed by atoms with Crippen LogP contribution in [0.15, 0.2) is 54.6 Å². The topological polar surface area (TPSA) is 41.6 Å². The fraction of sp³-hybridized carbons (Fsp3) is 0.458. The van der Waals surface area contributed by atoms with Gasteiger partial charge in [-0.15, -0.1) is 0 Å². The van der Waals surface area contributed by atoms with Gasteiger partial charge in [0, 0.05) is 31.4 Å². The first kappa shape index (κ1) is 19.0. The van der Waals surface area contributed by atoms with Gasteiger partial charge in [-0.2, -0.15) is 0 Å². The minimum absolute atomic E-state index is 0.0970. The van der Waals surface area contributed by atoms with Crippen molar-refractivity contribution in [3.63, 3.8) is 0 Å². The standard InChI is InChI=1S/C24H30N2O2/c1-2-3-15-26-16-14-24(23(26)27)20-11-7-8-12-21(20)25-22(24)13-17-28-18-19-9-5-4-6-10-19/h4-12,22,25H,2-3,13-18H2,1H3/t22-,24-/m0/s1. The number of nitrogens with one attached hydrogen (secondary N) is 1. The van der Waals surface area contributed by atoms with Crippen molar-refractivity contribution >= 4 is 11.6 Å². The molecule has 0 radical (unpaired) electrons. The lowest BCUT2D eigenvalue weighted by molar-refractivity contribution is -0.133. The van der Waals surface area contributed by atoms with E-state index in [0.29, 0.717) is 19.1 Å². The van der Waals surface area contributed by atoms with Gasteiger partial charge in [0.2, 0.25) is 5.91 Å². The molecule has 1 spiro atoms. The first-order valence-corrected chi connectivity index (χ1v) is 10.5. The number of fused-ring (bicyclic) bond motifs is 2. The number of ether oxygens (including phenoxy) is 1. The quantitative estimate of drug-likeness (QED) is 0.694. The van der Waals surface area contributed by atoms with Crippen molar-refractivity contribution in [2.45, 2.75) is 50.7 Å². The molecule has 1 amide bonds. The number of amides is 1. The molecule has 0 saturated carbocycles. The molecule has 4 rings (SSSR count). The van der Waals surface area contributed by atoms with Crippen molar-refractivity contribution in [3.8, 4) is 0 Å². The van der Waals surface area contributed by atoms with Gasteiger partial charge in [-0.1, -0.05) is 61.9 Å². The summed E-state index contributed by atoms with van der Waals surface area (Å²) in [6.07, 6.45) is 3.90. The Morgan fingerprint density at radius 3 is 2.75 bits per heavy atom. The molecule has 28 heavy (non-hydrogen) atoms. The third-order valence-corrected chi connectivity index (χ3v) is 6.22. The highest BCUT2D eigenvalue weighted by molar-refractivity contribution is 5.95. The highest BCUT2D eigenvalue weighted by Crippen LogP contribution is 2.48. The van der Waals surface area contributed by atoms with E-state index < -0.39 is 5.41 Å². The van der Waals surface area contributed by atoms with Gasteiger partial charge in [0.05, 0.1) is 12.0 Å². The number of carbonyl (C=O) groups is 1. The summed E-state index contributed by atoms with van der Waals surface area (Å²) >= 11 is 0. The Bertz CT molecular complexity index is 807. The Hall–Kier alpha value is -2.33. The molecule has 4 heteroatoms. The predicted octanol–water partition coefficient (Wildman–Crippen LogP) is 4.36. The second kappa shape index (κ2) is 8.36. The first-order chi connectivity index (χ1) is 13.8. The van der Waals surface area contributed by atoms with Crippen LogP contribution in [0, 0.1) is 0 Å². The van der Waals surface area contributed by atoms with E-state index in [1.54, 1.807) is 0 Å². The van der Waals surface area contributed by atoms with Gasteiger partial charge in [0.15, 0.2) is 0 Å². The lowest BCUT2D eigenvalue weighted by Crippen LogP contribution is -2.46. The maximum atomic E-state index is 13.5. The fourth-order valence-electron chi connectivity index (χ4n) is 4.72. The number of carbonyl (C=O) groups excluding carboxylic acids is 1. The monoisotopic (exact) mass is 378 g/mol. The number of benzene rings is 2. The van der Waals surface area contributed by atoms with Gasteiger partial charge in [0.1, 0.15) is 0 Å². The summed E-state index contributed by atoms with van der Waals surface area (Å²) in [5.41, 5.74) is 3.04. The maximum Gasteiger partial charge on any atom is 0.235 e. The van der Waals surface area contributed by atoms with Crippen molar-refractivity contribution < 1.29 is 9.53 Å². The van der Waals surface area contributed by atoms with Gasteiger partial charge in [0.25, 0.3) is 0 Å². The van der Waals surface area contributed by atoms with Crippen LogP contribution in [0.25, 0.3) is 0 Å². The molecule has 0 bridgehead atoms. The second-order valence-corrected chi connectivity index (χ2v) is 7.94. The molecule has 2 heterocycles. The van der Waals surface area contributed by atoms with Gasteiger partial charge in [-0.25, -0.2) is 0 Å². The zero-order valence-corrected chi connectivity index (χ0v) is 16.7. The molecule has 2 aromatic rings. The van der Waals surface area contributed by atoms with Gasteiger partial charge < -0.3 is 15.0 Å². The molecule has 1 N–H and O–H groups in total. The molecule has 1 fully saturated rings. The molecule has 1 saturated heterocycles. The zero-order chi connectivity index (χ0) is 19.4. The SMILES string of the molecule is CCCCN1CC[C@]2(C1=O)c1ccccc1N[C@H]2CCOCc1ccccc1. The van der Waals surface area contributed by atoms with Crippen LogP contribution in [-0.2, 0) is 21.6 Å². The van der Waals surface area contributed by atoms with E-state index in [2.05, 4.69) is 47.5 Å². The average molecular weight is 379 g/mol. The van der Waals surface area contributed by atoms with E-state index in [1.807, 2.05) is 24.3 Å². The molecule has 0 aliphatic carbocycles. The number of unbranched alkanes of at least 4 members (excludes halogenated alkanes) is 1. The van der Waals surface area contributed by atoms with Crippen LogP contribution in [0.1, 0.15) is 43.7 Å². The lowest BCUT2D eigenvalue weighted by atomic mass is 9.74. The van der Waals surface area contributed by atoms with Crippen molar-refractivity contribution in [3.05, 3.63) is 65.7 Å². The summed E-state index contributed by atoms with van der Waals surface area (Å²) < 4.78 is 5.95. The molecule has 0 aromatic heterocycles. The number of anilines is 1. The fourth-order valence-corrected chi connectivity index (χ4v) is 4.72. The van der Waals surface area contributed by atoms with Crippen LogP contribution >= 0.6 is 0 Å². The summed E-state index contributed by atoms with van der Waals surface area (Å²) in [5.74, 6) is 0.298. The zero-order valence-electron chi connectivity index (χ0n) is 16.7. The summed E-state index contributed by atoms with van der Waals surface area (Å²) in [7, 11) is 0. The van der Waals surface area contributed by atoms with Crippen LogP contribution in [-0.4, -0.2) is 36.5 Å². The molecule has 0 unspecified atom stereocenters. The molecule has 2 atom stereocenters. The summed E-state index contributed by atoms with van der Waals surface area (Å²) in [6.45, 7) is 5.16. The minimum atomic E-state index is -0.430. The number of rotatable bonds is 8. The van der Waals surface area contributed by atoms with Crippen molar-refractivity contribution in [2.75, 3.05) is 25.0 Å². The Morgan fingerprint density at radius 1 is 1.14 bits per heavy atom. The van der Waals surface area contributed by atoms with E-state index in [9.17, 15) is 4.79 Å². The third kappa shape index (κ3) is 3.42. The molecular weight excluding hydrogens is 348 g/mol. The summed E-state index contributed by atoms with van der Waals surface area (Å²) in [4.78, 5) is 15.6. The molecular formula is C24H30N2O2. The summed E-state index contributed by atoms with van der Waals surface area (Å²) in [6, 6.07) is 18.7. The average Bonchev–Trinajstić information content (AvgIpc) is 3.23. The third-order valence-electron chi connectivity index (χ3n) is 6.22. The highest BCUT2D eigenvalue weighted by Gasteiger charge is 2.56. The van der Waals surface area contributed by atoms with E-state index in [-0.39, 0.29) is 6.04 Å². The van der Waals surface area contributed by atoms with Crippen molar-refractivity contribution in [1.29, 1.82) is 0 Å². The lowest BCUT2D eigenvalue weighted by Gasteiger charge is -2.30. The Kier molecular flexibility index (Phi) is 5.67. The molecule has 2 aliphatic rings. The van der Waals surface area contributed by atoms with Gasteiger partial charge in [-0.05, 0) is 36.5 Å². The first-order valence-electron chi connectivity index (χ1n) is 10.5. The van der Waals surface area contributed by atoms with Crippen LogP contribution in [0.5, 0.6) is 0 Å². The summed E-state index contributed by atoms with van der Waals surface area (Å²) in [5, 5.41) is 3.65. The van der Waals surface area contributed by atoms with E-state index in [4.69, 9.17) is 4.74 Å². The minimum Gasteiger partial charge on any atom is -0.381 e. The number of hydrogen-bond acceptors (Lipinski definition) is 3. The predicted molar refractivity (Wildman–Crippen MR) is 112 cm³/mol. The van der Waals surface area contributed by atoms with Gasteiger partial charge >= 0.3 is 0 Å². The van der Waals surface area contributed by atoms with E-state index in [1.165, 1.54) is 11.1 Å². The smallest absolute Gasteiger partial charge is 0.235 e. The Morgan fingerprint density at radius 2 is 1.93 bits per heavy atom. The Balaban J connectivity index is 1.46. The molecule has 2 aromatic carbocycles.